The van der Waals surface area contributed by atoms with Gasteiger partial charge < -0.3 is 5.11 Å². The van der Waals surface area contributed by atoms with Crippen molar-refractivity contribution >= 4 is 15.9 Å². The molecule has 100 valence electrons. The van der Waals surface area contributed by atoms with Gasteiger partial charge in [-0.05, 0) is 42.7 Å². The van der Waals surface area contributed by atoms with E-state index in [4.69, 9.17) is 0 Å². The Balaban J connectivity index is 2.25. The van der Waals surface area contributed by atoms with Crippen LogP contribution in [0.15, 0.2) is 40.9 Å². The van der Waals surface area contributed by atoms with Crippen LogP contribution in [0.1, 0.15) is 28.4 Å². The average Bonchev–Trinajstić information content (AvgIpc) is 2.35. The summed E-state index contributed by atoms with van der Waals surface area (Å²) in [6.07, 6.45) is -0.118. The van der Waals surface area contributed by atoms with Crippen LogP contribution in [0.2, 0.25) is 0 Å². The smallest absolute Gasteiger partial charge is 0.124 e. The Kier molecular flexibility index (Phi) is 4.38. The first-order chi connectivity index (χ1) is 8.97. The third-order valence-corrected chi connectivity index (χ3v) is 3.96. The summed E-state index contributed by atoms with van der Waals surface area (Å²) in [5.74, 6) is -0.281. The molecule has 1 N–H and O–H groups in total. The molecule has 0 amide bonds. The summed E-state index contributed by atoms with van der Waals surface area (Å²) in [6.45, 7) is 3.99. The summed E-state index contributed by atoms with van der Waals surface area (Å²) >= 11 is 3.33. The molecule has 19 heavy (non-hydrogen) atoms. The van der Waals surface area contributed by atoms with Crippen LogP contribution in [0.3, 0.4) is 0 Å². The fourth-order valence-corrected chi connectivity index (χ4v) is 2.64. The highest BCUT2D eigenvalue weighted by Crippen LogP contribution is 2.26. The first-order valence-corrected chi connectivity index (χ1v) is 6.96. The van der Waals surface area contributed by atoms with Gasteiger partial charge in [-0.15, -0.1) is 0 Å². The fraction of sp³-hybridized carbons (Fsp3) is 0.250. The van der Waals surface area contributed by atoms with Crippen molar-refractivity contribution in [2.24, 2.45) is 0 Å². The normalized spacial score (nSPS) is 12.5. The van der Waals surface area contributed by atoms with Gasteiger partial charge in [-0.2, -0.15) is 0 Å². The largest absolute Gasteiger partial charge is 0.388 e. The van der Waals surface area contributed by atoms with Gasteiger partial charge in [-0.1, -0.05) is 45.8 Å². The van der Waals surface area contributed by atoms with Crippen LogP contribution in [0.25, 0.3) is 0 Å². The Morgan fingerprint density at radius 2 is 1.89 bits per heavy atom. The maximum atomic E-state index is 13.0. The summed E-state index contributed by atoms with van der Waals surface area (Å²) in [6, 6.07) is 10.6. The van der Waals surface area contributed by atoms with E-state index in [0.29, 0.717) is 10.9 Å². The topological polar surface area (TPSA) is 20.2 Å². The molecule has 2 rings (SSSR count). The molecular weight excluding hydrogens is 307 g/mol. The van der Waals surface area contributed by atoms with E-state index in [-0.39, 0.29) is 5.82 Å². The second kappa shape index (κ2) is 5.85. The molecule has 0 saturated heterocycles. The van der Waals surface area contributed by atoms with E-state index in [1.807, 2.05) is 32.0 Å². The Labute approximate surface area is 121 Å². The van der Waals surface area contributed by atoms with E-state index in [1.54, 1.807) is 6.07 Å². The molecule has 1 unspecified atom stereocenters. The zero-order chi connectivity index (χ0) is 14.0. The minimum absolute atomic E-state index is 0.281. The first kappa shape index (κ1) is 14.2. The van der Waals surface area contributed by atoms with Crippen LogP contribution in [-0.2, 0) is 6.42 Å². The lowest BCUT2D eigenvalue weighted by Gasteiger charge is -2.15. The van der Waals surface area contributed by atoms with Crippen molar-refractivity contribution in [3.63, 3.8) is 0 Å². The zero-order valence-corrected chi connectivity index (χ0v) is 12.5. The van der Waals surface area contributed by atoms with E-state index in [2.05, 4.69) is 15.9 Å². The van der Waals surface area contributed by atoms with E-state index in [0.717, 1.165) is 22.3 Å². The number of aliphatic hydroxyl groups is 1. The molecule has 3 heteroatoms. The lowest BCUT2D eigenvalue weighted by Crippen LogP contribution is -2.05. The van der Waals surface area contributed by atoms with Crippen molar-refractivity contribution in [1.29, 1.82) is 0 Å². The quantitative estimate of drug-likeness (QED) is 0.883. The molecule has 0 aliphatic carbocycles. The Morgan fingerprint density at radius 1 is 1.16 bits per heavy atom. The van der Waals surface area contributed by atoms with Gasteiger partial charge in [-0.3, -0.25) is 0 Å². The van der Waals surface area contributed by atoms with E-state index < -0.39 is 6.10 Å². The molecular formula is C16H16BrFO. The van der Waals surface area contributed by atoms with Crippen molar-refractivity contribution in [3.8, 4) is 0 Å². The van der Waals surface area contributed by atoms with E-state index in [9.17, 15) is 9.50 Å². The van der Waals surface area contributed by atoms with E-state index >= 15 is 0 Å². The Morgan fingerprint density at radius 3 is 2.58 bits per heavy atom. The maximum absolute atomic E-state index is 13.0. The van der Waals surface area contributed by atoms with Crippen molar-refractivity contribution in [1.82, 2.24) is 0 Å². The molecule has 0 aliphatic rings. The molecule has 2 aromatic rings. The number of hydrogen-bond donors (Lipinski definition) is 1. The number of benzene rings is 2. The molecule has 0 aromatic heterocycles. The number of hydrogen-bond acceptors (Lipinski definition) is 1. The predicted octanol–water partition coefficient (Wildman–Crippen LogP) is 4.48. The van der Waals surface area contributed by atoms with Gasteiger partial charge in [0.2, 0.25) is 0 Å². The molecule has 1 atom stereocenters. The standard InChI is InChI=1S/C16H16BrFO/c1-10-3-4-11(2)14(7-10)16(19)8-12-5-6-13(18)9-15(12)17/h3-7,9,16,19H,8H2,1-2H3. The molecule has 2 aromatic carbocycles. The molecule has 0 heterocycles. The Bertz CT molecular complexity index is 595. The Hall–Kier alpha value is -1.19. The summed E-state index contributed by atoms with van der Waals surface area (Å²) in [4.78, 5) is 0. The SMILES string of the molecule is Cc1ccc(C)c(C(O)Cc2ccc(F)cc2Br)c1. The summed E-state index contributed by atoms with van der Waals surface area (Å²) in [7, 11) is 0. The van der Waals surface area contributed by atoms with Gasteiger partial charge >= 0.3 is 0 Å². The highest BCUT2D eigenvalue weighted by Gasteiger charge is 2.13. The molecule has 0 saturated carbocycles. The van der Waals surface area contributed by atoms with Crippen LogP contribution in [0.5, 0.6) is 0 Å². The van der Waals surface area contributed by atoms with E-state index in [1.165, 1.54) is 12.1 Å². The van der Waals surface area contributed by atoms with Crippen molar-refractivity contribution in [2.45, 2.75) is 26.4 Å². The predicted molar refractivity (Wildman–Crippen MR) is 78.7 cm³/mol. The molecule has 0 bridgehead atoms. The fourth-order valence-electron chi connectivity index (χ4n) is 2.12. The zero-order valence-electron chi connectivity index (χ0n) is 11.0. The second-order valence-electron chi connectivity index (χ2n) is 4.82. The summed E-state index contributed by atoms with van der Waals surface area (Å²) < 4.78 is 13.7. The van der Waals surface area contributed by atoms with Crippen molar-refractivity contribution < 1.29 is 9.50 Å². The summed E-state index contributed by atoms with van der Waals surface area (Å²) in [5, 5.41) is 10.4. The minimum Gasteiger partial charge on any atom is -0.388 e. The molecule has 1 nitrogen and oxygen atoms in total. The summed E-state index contributed by atoms with van der Waals surface area (Å²) in [5.41, 5.74) is 4.01. The van der Waals surface area contributed by atoms with Crippen molar-refractivity contribution in [2.75, 3.05) is 0 Å². The van der Waals surface area contributed by atoms with Gasteiger partial charge in [0.05, 0.1) is 6.10 Å². The molecule has 0 radical (unpaired) electrons. The number of aryl methyl sites for hydroxylation is 2. The lowest BCUT2D eigenvalue weighted by molar-refractivity contribution is 0.177. The van der Waals surface area contributed by atoms with Crippen LogP contribution in [-0.4, -0.2) is 5.11 Å². The second-order valence-corrected chi connectivity index (χ2v) is 5.67. The minimum atomic E-state index is -0.582. The third kappa shape index (κ3) is 3.43. The van der Waals surface area contributed by atoms with Crippen LogP contribution < -0.4 is 0 Å². The van der Waals surface area contributed by atoms with Crippen molar-refractivity contribution in [3.05, 3.63) is 68.9 Å². The third-order valence-electron chi connectivity index (χ3n) is 3.22. The van der Waals surface area contributed by atoms with Crippen LogP contribution in [0.4, 0.5) is 4.39 Å². The highest BCUT2D eigenvalue weighted by atomic mass is 79.9. The van der Waals surface area contributed by atoms with Gasteiger partial charge in [0, 0.05) is 10.9 Å². The number of aliphatic hydroxyl groups excluding tert-OH is 1. The first-order valence-electron chi connectivity index (χ1n) is 6.16. The number of rotatable bonds is 3. The van der Waals surface area contributed by atoms with Gasteiger partial charge in [0.25, 0.3) is 0 Å². The van der Waals surface area contributed by atoms with Gasteiger partial charge in [0.1, 0.15) is 5.82 Å². The molecule has 0 aliphatic heterocycles. The lowest BCUT2D eigenvalue weighted by atomic mass is 9.96. The number of halogens is 2. The molecule has 0 spiro atoms. The van der Waals surface area contributed by atoms with Crippen LogP contribution >= 0.6 is 15.9 Å². The van der Waals surface area contributed by atoms with Crippen LogP contribution in [0, 0.1) is 19.7 Å². The van der Waals surface area contributed by atoms with Gasteiger partial charge in [0.15, 0.2) is 0 Å². The van der Waals surface area contributed by atoms with Gasteiger partial charge in [-0.25, -0.2) is 4.39 Å². The highest BCUT2D eigenvalue weighted by molar-refractivity contribution is 9.10. The average molecular weight is 323 g/mol. The maximum Gasteiger partial charge on any atom is 0.124 e. The monoisotopic (exact) mass is 322 g/mol. The molecule has 0 fully saturated rings.